The average molecular weight is 230 g/mol. The van der Waals surface area contributed by atoms with Crippen LogP contribution in [0.15, 0.2) is 35.2 Å². The Morgan fingerprint density at radius 2 is 2.06 bits per heavy atom. The minimum atomic E-state index is 0.130. The van der Waals surface area contributed by atoms with Gasteiger partial charge in [-0.3, -0.25) is 4.79 Å². The van der Waals surface area contributed by atoms with Crippen LogP contribution in [0.3, 0.4) is 0 Å². The van der Waals surface area contributed by atoms with Gasteiger partial charge in [-0.1, -0.05) is 6.92 Å². The highest BCUT2D eigenvalue weighted by molar-refractivity contribution is 6.00. The highest BCUT2D eigenvalue weighted by atomic mass is 16.2. The first-order chi connectivity index (χ1) is 8.06. The summed E-state index contributed by atoms with van der Waals surface area (Å²) in [6, 6.07) is 4.05. The predicted octanol–water partition coefficient (Wildman–Crippen LogP) is 2.56. The maximum atomic E-state index is 12.0. The van der Waals surface area contributed by atoms with Crippen LogP contribution in [0, 0.1) is 0 Å². The number of nitrogens with zero attached hydrogens (tertiary/aromatic N) is 2. The van der Waals surface area contributed by atoms with E-state index in [0.717, 1.165) is 29.0 Å². The third kappa shape index (κ3) is 1.82. The Labute approximate surface area is 102 Å². The first-order valence-corrected chi connectivity index (χ1v) is 5.87. The van der Waals surface area contributed by atoms with Crippen LogP contribution in [0.25, 0.3) is 6.08 Å². The third-order valence-corrected chi connectivity index (χ3v) is 3.38. The van der Waals surface area contributed by atoms with Gasteiger partial charge in [-0.05, 0) is 37.1 Å². The molecule has 2 rings (SSSR count). The number of aromatic nitrogens is 1. The number of carbonyl (C=O) groups excluding carboxylic acids is 1. The molecule has 0 spiro atoms. The van der Waals surface area contributed by atoms with Crippen LogP contribution in [0.1, 0.15) is 26.0 Å². The van der Waals surface area contributed by atoms with Crippen LogP contribution in [-0.4, -0.2) is 22.4 Å². The molecule has 3 heteroatoms. The van der Waals surface area contributed by atoms with E-state index in [1.165, 1.54) is 0 Å². The van der Waals surface area contributed by atoms with E-state index in [1.807, 2.05) is 50.8 Å². The van der Waals surface area contributed by atoms with Crippen LogP contribution < -0.4 is 0 Å². The molecule has 0 radical (unpaired) electrons. The summed E-state index contributed by atoms with van der Waals surface area (Å²) >= 11 is 0. The molecule has 0 N–H and O–H groups in total. The van der Waals surface area contributed by atoms with Crippen molar-refractivity contribution in [1.82, 2.24) is 9.47 Å². The molecule has 0 aliphatic carbocycles. The number of rotatable bonds is 2. The van der Waals surface area contributed by atoms with Crippen molar-refractivity contribution in [3.05, 3.63) is 40.9 Å². The monoisotopic (exact) mass is 230 g/mol. The largest absolute Gasteiger partial charge is 0.351 e. The van der Waals surface area contributed by atoms with E-state index in [9.17, 15) is 4.79 Å². The second-order valence-corrected chi connectivity index (χ2v) is 4.39. The Morgan fingerprint density at radius 1 is 1.35 bits per heavy atom. The Morgan fingerprint density at radius 3 is 2.53 bits per heavy atom. The Balaban J connectivity index is 2.47. The molecule has 0 saturated heterocycles. The van der Waals surface area contributed by atoms with Gasteiger partial charge in [0.25, 0.3) is 5.91 Å². The maximum absolute atomic E-state index is 12.0. The molecule has 1 aliphatic heterocycles. The third-order valence-electron chi connectivity index (χ3n) is 3.38. The van der Waals surface area contributed by atoms with Crippen molar-refractivity contribution in [2.75, 3.05) is 7.05 Å². The minimum absolute atomic E-state index is 0.130. The van der Waals surface area contributed by atoms with E-state index in [0.29, 0.717) is 0 Å². The van der Waals surface area contributed by atoms with Gasteiger partial charge in [0.1, 0.15) is 0 Å². The number of allylic oxidation sites excluding steroid dienone is 1. The van der Waals surface area contributed by atoms with Crippen LogP contribution >= 0.6 is 0 Å². The highest BCUT2D eigenvalue weighted by Gasteiger charge is 2.28. The second kappa shape index (κ2) is 4.24. The van der Waals surface area contributed by atoms with Gasteiger partial charge < -0.3 is 9.47 Å². The molecule has 1 amide bonds. The van der Waals surface area contributed by atoms with E-state index >= 15 is 0 Å². The lowest BCUT2D eigenvalue weighted by Crippen LogP contribution is -2.20. The maximum Gasteiger partial charge on any atom is 0.254 e. The summed E-state index contributed by atoms with van der Waals surface area (Å²) in [5, 5.41) is 0. The predicted molar refractivity (Wildman–Crippen MR) is 69.2 cm³/mol. The van der Waals surface area contributed by atoms with Crippen molar-refractivity contribution >= 4 is 12.0 Å². The van der Waals surface area contributed by atoms with Crippen molar-refractivity contribution in [2.45, 2.75) is 20.3 Å². The number of hydrogen-bond donors (Lipinski definition) is 0. The number of aryl methyl sites for hydroxylation is 1. The summed E-state index contributed by atoms with van der Waals surface area (Å²) in [6.45, 7) is 4.05. The number of hydrogen-bond acceptors (Lipinski definition) is 1. The van der Waals surface area contributed by atoms with E-state index in [4.69, 9.17) is 0 Å². The summed E-state index contributed by atoms with van der Waals surface area (Å²) in [5.74, 6) is 0.130. The topological polar surface area (TPSA) is 25.2 Å². The Bertz CT molecular complexity index is 520. The van der Waals surface area contributed by atoms with Gasteiger partial charge in [0.15, 0.2) is 0 Å². The molecule has 1 aromatic rings. The summed E-state index contributed by atoms with van der Waals surface area (Å²) in [6.07, 6.45) is 4.86. The molecule has 0 saturated carbocycles. The molecular formula is C14H18N2O. The number of likely N-dealkylation sites (N-methyl/N-ethyl adjacent to an activating group) is 1. The van der Waals surface area contributed by atoms with E-state index in [1.54, 1.807) is 4.90 Å². The fraction of sp³-hybridized carbons (Fsp3) is 0.357. The minimum Gasteiger partial charge on any atom is -0.351 e. The first kappa shape index (κ1) is 11.7. The summed E-state index contributed by atoms with van der Waals surface area (Å²) < 4.78 is 2.04. The SMILES string of the molecule is CCC1=C(C)/C(=C/c2cccn2C)N(C)C1=O. The van der Waals surface area contributed by atoms with Gasteiger partial charge in [-0.25, -0.2) is 0 Å². The lowest BCUT2D eigenvalue weighted by molar-refractivity contribution is -0.123. The van der Waals surface area contributed by atoms with Crippen molar-refractivity contribution < 1.29 is 4.79 Å². The standard InChI is InChI=1S/C14H18N2O/c1-5-12-10(2)13(16(4)14(12)17)9-11-7-6-8-15(11)3/h6-9H,5H2,1-4H3/b13-9-. The van der Waals surface area contributed by atoms with E-state index in [-0.39, 0.29) is 5.91 Å². The zero-order chi connectivity index (χ0) is 12.6. The fourth-order valence-electron chi connectivity index (χ4n) is 2.26. The van der Waals surface area contributed by atoms with Crippen LogP contribution in [0.2, 0.25) is 0 Å². The molecule has 0 atom stereocenters. The summed E-state index contributed by atoms with van der Waals surface area (Å²) in [5.41, 5.74) is 4.14. The zero-order valence-corrected chi connectivity index (χ0v) is 10.8. The van der Waals surface area contributed by atoms with Crippen molar-refractivity contribution in [1.29, 1.82) is 0 Å². The molecule has 1 aliphatic rings. The van der Waals surface area contributed by atoms with Gasteiger partial charge in [0.05, 0.1) is 0 Å². The van der Waals surface area contributed by atoms with Crippen LogP contribution in [-0.2, 0) is 11.8 Å². The summed E-state index contributed by atoms with van der Waals surface area (Å²) in [4.78, 5) is 13.7. The lowest BCUT2D eigenvalue weighted by atomic mass is 10.1. The lowest BCUT2D eigenvalue weighted by Gasteiger charge is -2.13. The fourth-order valence-corrected chi connectivity index (χ4v) is 2.26. The van der Waals surface area contributed by atoms with Gasteiger partial charge in [-0.2, -0.15) is 0 Å². The van der Waals surface area contributed by atoms with Crippen LogP contribution in [0.5, 0.6) is 0 Å². The van der Waals surface area contributed by atoms with Crippen molar-refractivity contribution in [3.8, 4) is 0 Å². The molecule has 3 nitrogen and oxygen atoms in total. The molecule has 2 heterocycles. The smallest absolute Gasteiger partial charge is 0.254 e. The summed E-state index contributed by atoms with van der Waals surface area (Å²) in [7, 11) is 3.84. The van der Waals surface area contributed by atoms with Crippen molar-refractivity contribution in [2.24, 2.45) is 7.05 Å². The highest BCUT2D eigenvalue weighted by Crippen LogP contribution is 2.30. The molecule has 17 heavy (non-hydrogen) atoms. The van der Waals surface area contributed by atoms with Gasteiger partial charge >= 0.3 is 0 Å². The zero-order valence-electron chi connectivity index (χ0n) is 10.8. The van der Waals surface area contributed by atoms with Gasteiger partial charge in [0.2, 0.25) is 0 Å². The number of carbonyl (C=O) groups is 1. The molecule has 0 fully saturated rings. The molecule has 0 unspecified atom stereocenters. The van der Waals surface area contributed by atoms with E-state index in [2.05, 4.69) is 6.08 Å². The average Bonchev–Trinajstić information content (AvgIpc) is 2.78. The van der Waals surface area contributed by atoms with E-state index < -0.39 is 0 Å². The second-order valence-electron chi connectivity index (χ2n) is 4.39. The van der Waals surface area contributed by atoms with Crippen molar-refractivity contribution in [3.63, 3.8) is 0 Å². The molecule has 0 bridgehead atoms. The molecular weight excluding hydrogens is 212 g/mol. The molecule has 0 aromatic carbocycles. The Hall–Kier alpha value is -1.77. The normalized spacial score (nSPS) is 18.7. The van der Waals surface area contributed by atoms with Gasteiger partial charge in [-0.15, -0.1) is 0 Å². The number of amides is 1. The molecule has 90 valence electrons. The Kier molecular flexibility index (Phi) is 2.92. The molecule has 1 aromatic heterocycles. The van der Waals surface area contributed by atoms with Crippen LogP contribution in [0.4, 0.5) is 0 Å². The first-order valence-electron chi connectivity index (χ1n) is 5.87. The quantitative estimate of drug-likeness (QED) is 0.766. The van der Waals surface area contributed by atoms with Gasteiger partial charge in [0, 0.05) is 37.3 Å².